The number of rotatable bonds is 7. The van der Waals surface area contributed by atoms with Crippen LogP contribution in [0.4, 0.5) is 0 Å². The molecule has 30 heavy (non-hydrogen) atoms. The molecule has 0 aliphatic carbocycles. The number of piperidine rings is 1. The zero-order valence-corrected chi connectivity index (χ0v) is 18.3. The van der Waals surface area contributed by atoms with Gasteiger partial charge in [0.1, 0.15) is 6.04 Å². The molecule has 1 aliphatic rings. The molecule has 0 saturated carbocycles. The van der Waals surface area contributed by atoms with Gasteiger partial charge in [0, 0.05) is 24.7 Å². The summed E-state index contributed by atoms with van der Waals surface area (Å²) in [6, 6.07) is 12.2. The van der Waals surface area contributed by atoms with Crippen LogP contribution in [0.25, 0.3) is 0 Å². The van der Waals surface area contributed by atoms with E-state index < -0.39 is 6.04 Å². The summed E-state index contributed by atoms with van der Waals surface area (Å²) < 4.78 is 0. The first kappa shape index (κ1) is 22.0. The Morgan fingerprint density at radius 1 is 1.07 bits per heavy atom. The van der Waals surface area contributed by atoms with Crippen molar-refractivity contribution in [2.24, 2.45) is 5.92 Å². The second kappa shape index (κ2) is 10.4. The highest BCUT2D eigenvalue weighted by molar-refractivity contribution is 7.12. The molecule has 160 valence electrons. The van der Waals surface area contributed by atoms with E-state index in [1.54, 1.807) is 6.07 Å². The van der Waals surface area contributed by atoms with E-state index in [1.807, 2.05) is 60.5 Å². The lowest BCUT2D eigenvalue weighted by atomic mass is 9.88. The summed E-state index contributed by atoms with van der Waals surface area (Å²) in [4.78, 5) is 40.7. The third-order valence-corrected chi connectivity index (χ3v) is 6.50. The van der Waals surface area contributed by atoms with E-state index in [-0.39, 0.29) is 29.7 Å². The number of hydrogen-bond acceptors (Lipinski definition) is 4. The number of amides is 3. The van der Waals surface area contributed by atoms with Gasteiger partial charge in [-0.3, -0.25) is 14.4 Å². The first-order chi connectivity index (χ1) is 14.5. The maximum Gasteiger partial charge on any atom is 0.262 e. The topological polar surface area (TPSA) is 78.5 Å². The fraction of sp³-hybridized carbons (Fsp3) is 0.435. The van der Waals surface area contributed by atoms with Crippen molar-refractivity contribution in [1.29, 1.82) is 0 Å². The van der Waals surface area contributed by atoms with E-state index in [4.69, 9.17) is 0 Å². The highest BCUT2D eigenvalue weighted by atomic mass is 32.1. The zero-order valence-electron chi connectivity index (χ0n) is 17.5. The van der Waals surface area contributed by atoms with E-state index in [0.29, 0.717) is 36.4 Å². The smallest absolute Gasteiger partial charge is 0.262 e. The van der Waals surface area contributed by atoms with Crippen LogP contribution in [0, 0.1) is 5.92 Å². The van der Waals surface area contributed by atoms with E-state index in [9.17, 15) is 14.4 Å². The Bertz CT molecular complexity index is 846. The molecule has 3 amide bonds. The van der Waals surface area contributed by atoms with Gasteiger partial charge in [-0.15, -0.1) is 11.3 Å². The SMILES string of the molecule is CC[C@H](C)NC(=O)[C@H](NC(=O)c1cccs1)C1CCN(C(=O)c2ccccc2)CC1. The van der Waals surface area contributed by atoms with Crippen LogP contribution in [0.5, 0.6) is 0 Å². The summed E-state index contributed by atoms with van der Waals surface area (Å²) in [5, 5.41) is 7.80. The highest BCUT2D eigenvalue weighted by Crippen LogP contribution is 2.23. The molecule has 2 heterocycles. The summed E-state index contributed by atoms with van der Waals surface area (Å²) in [5.41, 5.74) is 0.674. The molecule has 0 radical (unpaired) electrons. The zero-order chi connectivity index (χ0) is 21.5. The Labute approximate surface area is 181 Å². The Balaban J connectivity index is 1.67. The van der Waals surface area contributed by atoms with Gasteiger partial charge in [-0.05, 0) is 55.7 Å². The maximum absolute atomic E-state index is 13.0. The molecule has 1 saturated heterocycles. The molecule has 1 fully saturated rings. The normalized spacial score (nSPS) is 16.5. The van der Waals surface area contributed by atoms with Gasteiger partial charge < -0.3 is 15.5 Å². The summed E-state index contributed by atoms with van der Waals surface area (Å²) in [5.74, 6) is -0.380. The molecule has 6 nitrogen and oxygen atoms in total. The lowest BCUT2D eigenvalue weighted by molar-refractivity contribution is -0.125. The molecule has 1 aliphatic heterocycles. The number of carbonyl (C=O) groups is 3. The van der Waals surface area contributed by atoms with Gasteiger partial charge in [-0.2, -0.15) is 0 Å². The minimum atomic E-state index is -0.609. The van der Waals surface area contributed by atoms with Gasteiger partial charge in [0.15, 0.2) is 0 Å². The van der Waals surface area contributed by atoms with Crippen LogP contribution in [-0.2, 0) is 4.79 Å². The Hall–Kier alpha value is -2.67. The van der Waals surface area contributed by atoms with Gasteiger partial charge in [-0.25, -0.2) is 0 Å². The third-order valence-electron chi connectivity index (χ3n) is 5.63. The van der Waals surface area contributed by atoms with Gasteiger partial charge in [0.2, 0.25) is 5.91 Å². The fourth-order valence-corrected chi connectivity index (χ4v) is 4.28. The number of benzene rings is 1. The number of nitrogens with zero attached hydrogens (tertiary/aromatic N) is 1. The van der Waals surface area contributed by atoms with Crippen LogP contribution in [0.3, 0.4) is 0 Å². The van der Waals surface area contributed by atoms with Gasteiger partial charge >= 0.3 is 0 Å². The first-order valence-electron chi connectivity index (χ1n) is 10.5. The average molecular weight is 428 g/mol. The van der Waals surface area contributed by atoms with Crippen LogP contribution in [0.2, 0.25) is 0 Å². The van der Waals surface area contributed by atoms with Crippen LogP contribution in [0.1, 0.15) is 53.1 Å². The summed E-state index contributed by atoms with van der Waals surface area (Å²) in [7, 11) is 0. The van der Waals surface area contributed by atoms with E-state index in [0.717, 1.165) is 6.42 Å². The van der Waals surface area contributed by atoms with Crippen molar-refractivity contribution in [3.8, 4) is 0 Å². The molecule has 1 aromatic heterocycles. The quantitative estimate of drug-likeness (QED) is 0.712. The van der Waals surface area contributed by atoms with Crippen LogP contribution >= 0.6 is 11.3 Å². The summed E-state index contributed by atoms with van der Waals surface area (Å²) in [6.45, 7) is 5.11. The minimum Gasteiger partial charge on any atom is -0.352 e. The molecular formula is C23H29N3O3S. The van der Waals surface area contributed by atoms with Crippen molar-refractivity contribution < 1.29 is 14.4 Å². The van der Waals surface area contributed by atoms with Crippen molar-refractivity contribution in [2.75, 3.05) is 13.1 Å². The van der Waals surface area contributed by atoms with Crippen molar-refractivity contribution in [3.63, 3.8) is 0 Å². The highest BCUT2D eigenvalue weighted by Gasteiger charge is 2.34. The van der Waals surface area contributed by atoms with Crippen molar-refractivity contribution >= 4 is 29.1 Å². The van der Waals surface area contributed by atoms with Gasteiger partial charge in [0.05, 0.1) is 4.88 Å². The van der Waals surface area contributed by atoms with E-state index >= 15 is 0 Å². The van der Waals surface area contributed by atoms with E-state index in [2.05, 4.69) is 10.6 Å². The predicted molar refractivity (Wildman–Crippen MR) is 119 cm³/mol. The van der Waals surface area contributed by atoms with E-state index in [1.165, 1.54) is 11.3 Å². The summed E-state index contributed by atoms with van der Waals surface area (Å²) >= 11 is 1.36. The average Bonchev–Trinajstić information content (AvgIpc) is 3.32. The first-order valence-corrected chi connectivity index (χ1v) is 11.4. The van der Waals surface area contributed by atoms with Crippen molar-refractivity contribution in [3.05, 3.63) is 58.3 Å². The monoisotopic (exact) mass is 427 g/mol. The molecule has 2 atom stereocenters. The Kier molecular flexibility index (Phi) is 7.63. The minimum absolute atomic E-state index is 0.0114. The molecule has 1 aromatic carbocycles. The lowest BCUT2D eigenvalue weighted by Crippen LogP contribution is -2.55. The number of thiophene rings is 1. The Morgan fingerprint density at radius 3 is 2.37 bits per heavy atom. The predicted octanol–water partition coefficient (Wildman–Crippen LogP) is 3.31. The molecule has 2 N–H and O–H groups in total. The number of carbonyl (C=O) groups excluding carboxylic acids is 3. The Morgan fingerprint density at radius 2 is 1.77 bits per heavy atom. The molecule has 0 unspecified atom stereocenters. The molecule has 7 heteroatoms. The second-order valence-electron chi connectivity index (χ2n) is 7.74. The van der Waals surface area contributed by atoms with Crippen LogP contribution in [-0.4, -0.2) is 47.8 Å². The molecule has 0 bridgehead atoms. The third kappa shape index (κ3) is 5.48. The fourth-order valence-electron chi connectivity index (χ4n) is 3.65. The van der Waals surface area contributed by atoms with Crippen LogP contribution in [0.15, 0.2) is 47.8 Å². The molecule has 3 rings (SSSR count). The van der Waals surface area contributed by atoms with Gasteiger partial charge in [-0.1, -0.05) is 31.2 Å². The van der Waals surface area contributed by atoms with Crippen LogP contribution < -0.4 is 10.6 Å². The molecular weight excluding hydrogens is 398 g/mol. The molecule has 0 spiro atoms. The standard InChI is InChI=1S/C23H29N3O3S/c1-3-16(2)24-22(28)20(25-21(27)19-10-7-15-30-19)17-11-13-26(14-12-17)23(29)18-8-5-4-6-9-18/h4-10,15-17,20H,3,11-14H2,1-2H3,(H,24,28)(H,25,27)/t16-,20+/m0/s1. The van der Waals surface area contributed by atoms with Crippen molar-refractivity contribution in [2.45, 2.75) is 45.2 Å². The maximum atomic E-state index is 13.0. The number of likely N-dealkylation sites (tertiary alicyclic amines) is 1. The summed E-state index contributed by atoms with van der Waals surface area (Å²) in [6.07, 6.45) is 2.16. The van der Waals surface area contributed by atoms with Crippen molar-refractivity contribution in [1.82, 2.24) is 15.5 Å². The largest absolute Gasteiger partial charge is 0.352 e. The lowest BCUT2D eigenvalue weighted by Gasteiger charge is -2.36. The number of nitrogens with one attached hydrogen (secondary N) is 2. The number of hydrogen-bond donors (Lipinski definition) is 2. The van der Waals surface area contributed by atoms with Gasteiger partial charge in [0.25, 0.3) is 11.8 Å². The second-order valence-corrected chi connectivity index (χ2v) is 8.69. The molecule has 2 aromatic rings.